The number of amides is 1. The van der Waals surface area contributed by atoms with Crippen LogP contribution in [0.4, 0.5) is 0 Å². The average molecular weight is 841 g/mol. The SMILES string of the molecule is CN(C)CCN[C-]=O.[CH2-]CC(C[CH2-])(COC(=O)CCCCCCC/C=C\C/C=C\CCCCC)COC(=O)CCC(OCCCCCCCC)OCCCCCCCC.[Li+]. The Morgan fingerprint density at radius 2 is 1.07 bits per heavy atom. The van der Waals surface area contributed by atoms with Crippen molar-refractivity contribution in [1.29, 1.82) is 0 Å². The largest absolute Gasteiger partial charge is 1.00 e. The van der Waals surface area contributed by atoms with Crippen molar-refractivity contribution in [2.45, 2.75) is 207 Å². The summed E-state index contributed by atoms with van der Waals surface area (Å²) in [5, 5.41) is 2.43. The van der Waals surface area contributed by atoms with Crippen molar-refractivity contribution in [3.8, 4) is 0 Å². The Balaban J connectivity index is -0.00000324. The third-order valence-corrected chi connectivity index (χ3v) is 10.4. The first-order valence-corrected chi connectivity index (χ1v) is 23.9. The van der Waals surface area contributed by atoms with E-state index in [9.17, 15) is 14.4 Å². The van der Waals surface area contributed by atoms with Gasteiger partial charge in [-0.15, -0.1) is 0 Å². The third-order valence-electron chi connectivity index (χ3n) is 10.4. The van der Waals surface area contributed by atoms with Gasteiger partial charge < -0.3 is 47.8 Å². The van der Waals surface area contributed by atoms with E-state index in [4.69, 9.17) is 18.9 Å². The third kappa shape index (κ3) is 45.9. The Labute approximate surface area is 383 Å². The summed E-state index contributed by atoms with van der Waals surface area (Å²) >= 11 is 0. The van der Waals surface area contributed by atoms with Crippen molar-refractivity contribution in [3.63, 3.8) is 0 Å². The Bertz CT molecular complexity index is 956. The minimum Gasteiger partial charge on any atom is -0.529 e. The second-order valence-corrected chi connectivity index (χ2v) is 16.4. The predicted octanol–water partition coefficient (Wildman–Crippen LogP) is 9.39. The molecule has 0 aliphatic carbocycles. The first-order valence-electron chi connectivity index (χ1n) is 23.9. The van der Waals surface area contributed by atoms with Crippen molar-refractivity contribution in [1.82, 2.24) is 10.2 Å². The Morgan fingerprint density at radius 1 is 0.633 bits per heavy atom. The van der Waals surface area contributed by atoms with E-state index >= 15 is 0 Å². The number of carbonyl (C=O) groups excluding carboxylic acids is 3. The summed E-state index contributed by atoms with van der Waals surface area (Å²) in [6, 6.07) is 0. The van der Waals surface area contributed by atoms with Crippen LogP contribution in [0.15, 0.2) is 24.3 Å². The summed E-state index contributed by atoms with van der Waals surface area (Å²) in [7, 11) is 3.90. The maximum atomic E-state index is 12.8. The molecule has 0 aromatic carbocycles. The number of allylic oxidation sites excluding steroid dienone is 4. The van der Waals surface area contributed by atoms with Crippen molar-refractivity contribution in [3.05, 3.63) is 38.2 Å². The number of ether oxygens (including phenoxy) is 4. The van der Waals surface area contributed by atoms with E-state index in [2.05, 4.69) is 64.2 Å². The van der Waals surface area contributed by atoms with Crippen LogP contribution in [0.2, 0.25) is 0 Å². The molecular formula is C50H93LiN2O7-2. The molecule has 0 aromatic rings. The van der Waals surface area contributed by atoms with E-state index in [1.807, 2.05) is 19.0 Å². The fourth-order valence-corrected chi connectivity index (χ4v) is 6.12. The molecule has 0 aliphatic heterocycles. The predicted molar refractivity (Wildman–Crippen MR) is 248 cm³/mol. The minimum atomic E-state index is -0.578. The number of esters is 2. The van der Waals surface area contributed by atoms with Crippen LogP contribution in [0.25, 0.3) is 0 Å². The molecule has 60 heavy (non-hydrogen) atoms. The van der Waals surface area contributed by atoms with Crippen LogP contribution in [0.5, 0.6) is 0 Å². The van der Waals surface area contributed by atoms with Crippen molar-refractivity contribution >= 4 is 18.3 Å². The van der Waals surface area contributed by atoms with E-state index in [-0.39, 0.29) is 50.4 Å². The molecule has 348 valence electrons. The van der Waals surface area contributed by atoms with Crippen molar-refractivity contribution in [2.75, 3.05) is 53.6 Å². The Hall–Kier alpha value is -1.63. The Morgan fingerprint density at radius 3 is 1.55 bits per heavy atom. The van der Waals surface area contributed by atoms with E-state index in [0.29, 0.717) is 45.4 Å². The topological polar surface area (TPSA) is 103 Å². The molecule has 0 aliphatic rings. The number of nitrogens with one attached hydrogen (secondary N) is 1. The fourth-order valence-electron chi connectivity index (χ4n) is 6.12. The van der Waals surface area contributed by atoms with Crippen LogP contribution >= 0.6 is 0 Å². The van der Waals surface area contributed by atoms with E-state index < -0.39 is 11.7 Å². The average Bonchev–Trinajstić information content (AvgIpc) is 3.23. The standard InChI is InChI=1S/C45H82O6.C5H11N2O.Li/c1-6-11-14-17-20-21-22-23-24-25-26-27-28-29-32-35-42(46)50-40-45(9-4,10-5)41-51-43(47)36-37-44(48-38-33-30-18-15-12-7-2)49-39-34-31-19-16-13-8-3;1-7(2)4-3-6-5-8;/h20-21,23-24,44H,4-19,22,25-41H2,1-3H3;3-4H2,1-2H3,(H,6,8);/q-2;-1;+1/b21-20-,24-23-;;. The summed E-state index contributed by atoms with van der Waals surface area (Å²) in [5.74, 6) is -0.500. The molecule has 0 fully saturated rings. The molecule has 0 spiro atoms. The summed E-state index contributed by atoms with van der Waals surface area (Å²) in [6.07, 6.45) is 39.4. The van der Waals surface area contributed by atoms with Gasteiger partial charge in [-0.1, -0.05) is 141 Å². The zero-order chi connectivity index (χ0) is 43.9. The number of hydrogen-bond donors (Lipinski definition) is 1. The quantitative estimate of drug-likeness (QED) is 0.0123. The second kappa shape index (κ2) is 50.0. The van der Waals surface area contributed by atoms with Gasteiger partial charge in [0.25, 0.3) is 0 Å². The maximum absolute atomic E-state index is 12.8. The van der Waals surface area contributed by atoms with Gasteiger partial charge in [0, 0.05) is 32.6 Å². The normalized spacial score (nSPS) is 11.6. The molecule has 9 nitrogen and oxygen atoms in total. The smallest absolute Gasteiger partial charge is 0.529 e. The molecule has 0 saturated heterocycles. The zero-order valence-electron chi connectivity index (χ0n) is 40.1. The van der Waals surface area contributed by atoms with Gasteiger partial charge in [0.2, 0.25) is 0 Å². The van der Waals surface area contributed by atoms with Gasteiger partial charge in [-0.05, 0) is 77.4 Å². The number of hydrogen-bond acceptors (Lipinski definition) is 8. The van der Waals surface area contributed by atoms with Gasteiger partial charge in [0.15, 0.2) is 6.29 Å². The first kappa shape index (κ1) is 62.7. The molecule has 0 unspecified atom stereocenters. The number of rotatable bonds is 43. The van der Waals surface area contributed by atoms with Crippen LogP contribution in [0.1, 0.15) is 201 Å². The molecule has 0 radical (unpaired) electrons. The fraction of sp³-hybridized carbons (Fsp3) is 0.820. The summed E-state index contributed by atoms with van der Waals surface area (Å²) in [4.78, 5) is 36.8. The number of likely N-dealkylation sites (N-methyl/N-ethyl adjacent to an activating group) is 1. The molecule has 0 rings (SSSR count). The molecule has 0 heterocycles. The van der Waals surface area contributed by atoms with Gasteiger partial charge in [0.1, 0.15) is 0 Å². The number of carbonyl (C=O) groups is 2. The van der Waals surface area contributed by atoms with Gasteiger partial charge >= 0.3 is 30.8 Å². The van der Waals surface area contributed by atoms with E-state index in [0.717, 1.165) is 64.3 Å². The van der Waals surface area contributed by atoms with Crippen LogP contribution in [0.3, 0.4) is 0 Å². The molecule has 0 atom stereocenters. The molecule has 1 N–H and O–H groups in total. The van der Waals surface area contributed by atoms with Gasteiger partial charge in [0.05, 0.1) is 19.6 Å². The van der Waals surface area contributed by atoms with E-state index in [1.54, 1.807) is 6.41 Å². The summed E-state index contributed by atoms with van der Waals surface area (Å²) in [5.41, 5.74) is -0.578. The number of unbranched alkanes of at least 4 members (excludes halogenated alkanes) is 18. The van der Waals surface area contributed by atoms with Crippen LogP contribution < -0.4 is 24.2 Å². The summed E-state index contributed by atoms with van der Waals surface area (Å²) in [6.45, 7) is 18.0. The first-order chi connectivity index (χ1) is 28.7. The number of nitrogens with zero attached hydrogens (tertiary/aromatic N) is 1. The van der Waals surface area contributed by atoms with Crippen molar-refractivity contribution < 1.29 is 52.2 Å². The monoisotopic (exact) mass is 841 g/mol. The molecule has 1 amide bonds. The molecule has 10 heteroatoms. The van der Waals surface area contributed by atoms with Gasteiger partial charge in [-0.3, -0.25) is 9.59 Å². The van der Waals surface area contributed by atoms with Crippen LogP contribution in [-0.4, -0.2) is 83.2 Å². The van der Waals surface area contributed by atoms with E-state index in [1.165, 1.54) is 89.9 Å². The zero-order valence-corrected chi connectivity index (χ0v) is 40.1. The second-order valence-electron chi connectivity index (χ2n) is 16.4. The summed E-state index contributed by atoms with van der Waals surface area (Å²) < 4.78 is 23.5. The molecule has 0 saturated carbocycles. The van der Waals surface area contributed by atoms with Gasteiger partial charge in [-0.2, -0.15) is 19.3 Å². The van der Waals surface area contributed by atoms with Crippen molar-refractivity contribution in [2.24, 2.45) is 5.41 Å². The maximum Gasteiger partial charge on any atom is 1.00 e. The van der Waals surface area contributed by atoms with Crippen LogP contribution in [-0.2, 0) is 33.3 Å². The molecular weight excluding hydrogens is 747 g/mol. The molecule has 0 bridgehead atoms. The molecule has 0 aromatic heterocycles. The Kier molecular flexibility index (Phi) is 52.2. The van der Waals surface area contributed by atoms with Gasteiger partial charge in [-0.25, -0.2) is 0 Å². The van der Waals surface area contributed by atoms with Crippen LogP contribution in [0, 0.1) is 19.3 Å². The minimum absolute atomic E-state index is 0.